The van der Waals surface area contributed by atoms with Crippen molar-refractivity contribution >= 4 is 35.5 Å². The second-order valence-electron chi connectivity index (χ2n) is 9.52. The predicted molar refractivity (Wildman–Crippen MR) is 140 cm³/mol. The van der Waals surface area contributed by atoms with Crippen LogP contribution in [0.5, 0.6) is 0 Å². The molecule has 0 aliphatic carbocycles. The van der Waals surface area contributed by atoms with E-state index in [1.54, 1.807) is 62.4 Å². The first-order valence-corrected chi connectivity index (χ1v) is 12.3. The number of nitriles is 1. The maximum atomic E-state index is 13.2. The Morgan fingerprint density at radius 1 is 1.00 bits per heavy atom. The van der Waals surface area contributed by atoms with Crippen molar-refractivity contribution < 1.29 is 24.0 Å². The molecule has 3 N–H and O–H groups in total. The van der Waals surface area contributed by atoms with Gasteiger partial charge in [-0.2, -0.15) is 5.26 Å². The average molecular weight is 515 g/mol. The number of Topliss-reactive ketones (excluding diaryl/α,β-unsaturated/α-hetero) is 1. The molecule has 196 valence electrons. The molecule has 0 radical (unpaired) electrons. The monoisotopic (exact) mass is 514 g/mol. The van der Waals surface area contributed by atoms with Gasteiger partial charge in [0, 0.05) is 6.08 Å². The van der Waals surface area contributed by atoms with Crippen molar-refractivity contribution in [3.63, 3.8) is 0 Å². The summed E-state index contributed by atoms with van der Waals surface area (Å²) in [6.07, 6.45) is 2.65. The van der Waals surface area contributed by atoms with Crippen molar-refractivity contribution in [1.82, 2.24) is 16.0 Å². The Kier molecular flexibility index (Phi) is 9.28. The minimum Gasteiger partial charge on any atom is -0.346 e. The normalized spacial score (nSPS) is 18.5. The lowest BCUT2D eigenvalue weighted by atomic mass is 9.85. The van der Waals surface area contributed by atoms with Gasteiger partial charge in [0.1, 0.15) is 5.92 Å². The van der Waals surface area contributed by atoms with Crippen molar-refractivity contribution in [3.8, 4) is 6.07 Å². The molecule has 2 aromatic rings. The van der Waals surface area contributed by atoms with Crippen LogP contribution >= 0.6 is 0 Å². The van der Waals surface area contributed by atoms with Gasteiger partial charge in [0.05, 0.1) is 36.1 Å². The van der Waals surface area contributed by atoms with Gasteiger partial charge in [0.15, 0.2) is 5.78 Å². The number of benzene rings is 2. The number of imide groups is 1. The lowest BCUT2D eigenvalue weighted by molar-refractivity contribution is -0.137. The summed E-state index contributed by atoms with van der Waals surface area (Å²) in [6, 6.07) is 16.1. The summed E-state index contributed by atoms with van der Waals surface area (Å²) < 4.78 is 0. The third-order valence-electron chi connectivity index (χ3n) is 6.44. The number of ketones is 1. The highest BCUT2D eigenvalue weighted by Crippen LogP contribution is 2.24. The molecule has 9 heteroatoms. The number of nitrogens with one attached hydrogen (secondary N) is 3. The molecule has 1 heterocycles. The Morgan fingerprint density at radius 2 is 1.66 bits per heavy atom. The number of amides is 4. The van der Waals surface area contributed by atoms with Gasteiger partial charge in [-0.25, -0.2) is 0 Å². The van der Waals surface area contributed by atoms with Crippen LogP contribution in [0.4, 0.5) is 0 Å². The first kappa shape index (κ1) is 28.0. The molecule has 4 atom stereocenters. The van der Waals surface area contributed by atoms with Crippen LogP contribution in [0, 0.1) is 29.1 Å². The van der Waals surface area contributed by atoms with Gasteiger partial charge in [-0.05, 0) is 29.2 Å². The van der Waals surface area contributed by atoms with E-state index in [1.807, 2.05) is 6.07 Å². The molecular weight excluding hydrogens is 484 g/mol. The molecule has 1 aliphatic heterocycles. The third-order valence-corrected chi connectivity index (χ3v) is 6.44. The highest BCUT2D eigenvalue weighted by Gasteiger charge is 2.46. The second kappa shape index (κ2) is 12.6. The number of hydrogen-bond donors (Lipinski definition) is 3. The summed E-state index contributed by atoms with van der Waals surface area (Å²) in [4.78, 5) is 63.1. The van der Waals surface area contributed by atoms with E-state index in [4.69, 9.17) is 0 Å². The predicted octanol–water partition coefficient (Wildman–Crippen LogP) is 2.44. The number of nitrogens with zero attached hydrogens (tertiary/aromatic N) is 1. The summed E-state index contributed by atoms with van der Waals surface area (Å²) in [5.74, 6) is -4.98. The van der Waals surface area contributed by atoms with Crippen LogP contribution in [0.2, 0.25) is 0 Å². The quantitative estimate of drug-likeness (QED) is 0.252. The zero-order valence-electron chi connectivity index (χ0n) is 21.4. The molecule has 0 bridgehead atoms. The Morgan fingerprint density at radius 3 is 2.26 bits per heavy atom. The first-order chi connectivity index (χ1) is 18.1. The van der Waals surface area contributed by atoms with Gasteiger partial charge >= 0.3 is 0 Å². The minimum absolute atomic E-state index is 0.166. The highest BCUT2D eigenvalue weighted by atomic mass is 16.2. The van der Waals surface area contributed by atoms with E-state index < -0.39 is 53.3 Å². The topological polar surface area (TPSA) is 145 Å². The molecule has 38 heavy (non-hydrogen) atoms. The van der Waals surface area contributed by atoms with Gasteiger partial charge in [0.25, 0.3) is 0 Å². The molecule has 9 nitrogen and oxygen atoms in total. The van der Waals surface area contributed by atoms with Crippen molar-refractivity contribution in [2.24, 2.45) is 17.8 Å². The zero-order valence-corrected chi connectivity index (χ0v) is 21.4. The van der Waals surface area contributed by atoms with Crippen LogP contribution in [0.3, 0.4) is 0 Å². The molecule has 0 saturated carbocycles. The van der Waals surface area contributed by atoms with Gasteiger partial charge in [0.2, 0.25) is 23.6 Å². The molecular formula is C29H30N4O5. The Labute approximate surface area is 221 Å². The van der Waals surface area contributed by atoms with Gasteiger partial charge in [-0.15, -0.1) is 0 Å². The van der Waals surface area contributed by atoms with E-state index in [-0.39, 0.29) is 12.3 Å². The zero-order chi connectivity index (χ0) is 27.8. The van der Waals surface area contributed by atoms with Crippen LogP contribution < -0.4 is 16.0 Å². The maximum Gasteiger partial charge on any atom is 0.244 e. The lowest BCUT2D eigenvalue weighted by Gasteiger charge is -2.25. The second-order valence-corrected chi connectivity index (χ2v) is 9.52. The summed E-state index contributed by atoms with van der Waals surface area (Å²) in [5, 5.41) is 16.9. The SMILES string of the molecule is CC(C)[C@H](NC(=O)C[C@H](NC(=O)/C=C/c1ccccc1C#N)c1ccccc1)C(=O)[C@@H]1C(=O)NC(=O)[C@H]1C. The molecule has 1 saturated heterocycles. The summed E-state index contributed by atoms with van der Waals surface area (Å²) in [7, 11) is 0. The summed E-state index contributed by atoms with van der Waals surface area (Å²) >= 11 is 0. The molecule has 0 spiro atoms. The third kappa shape index (κ3) is 6.79. The van der Waals surface area contributed by atoms with Crippen molar-refractivity contribution in [1.29, 1.82) is 5.26 Å². The number of rotatable bonds is 10. The molecule has 0 aromatic heterocycles. The Bertz CT molecular complexity index is 1300. The van der Waals surface area contributed by atoms with Crippen molar-refractivity contribution in [3.05, 3.63) is 77.4 Å². The molecule has 1 fully saturated rings. The van der Waals surface area contributed by atoms with Crippen LogP contribution in [-0.2, 0) is 24.0 Å². The Balaban J connectivity index is 1.74. The largest absolute Gasteiger partial charge is 0.346 e. The van der Waals surface area contributed by atoms with Crippen molar-refractivity contribution in [2.75, 3.05) is 0 Å². The average Bonchev–Trinajstić information content (AvgIpc) is 3.16. The maximum absolute atomic E-state index is 13.2. The van der Waals surface area contributed by atoms with E-state index >= 15 is 0 Å². The van der Waals surface area contributed by atoms with E-state index in [1.165, 1.54) is 19.1 Å². The molecule has 2 aromatic carbocycles. The fourth-order valence-corrected chi connectivity index (χ4v) is 4.31. The standard InChI is InChI=1S/C29H30N4O5/c1-17(2)26(27(36)25-18(3)28(37)33-29(25)38)32-24(35)15-22(20-10-5-4-6-11-20)31-23(34)14-13-19-9-7-8-12-21(19)16-30/h4-14,17-18,22,25-26H,15H2,1-3H3,(H,31,34)(H,32,35)(H,33,37,38)/b14-13+/t18-,22-,25+,26-/m0/s1. The van der Waals surface area contributed by atoms with Crippen LogP contribution in [0.15, 0.2) is 60.7 Å². The molecule has 3 rings (SSSR count). The molecule has 4 amide bonds. The fraction of sp³-hybridized carbons (Fsp3) is 0.310. The highest BCUT2D eigenvalue weighted by molar-refractivity contribution is 6.16. The summed E-state index contributed by atoms with van der Waals surface area (Å²) in [5.41, 5.74) is 1.69. The van der Waals surface area contributed by atoms with Gasteiger partial charge in [-0.3, -0.25) is 29.3 Å². The lowest BCUT2D eigenvalue weighted by Crippen LogP contribution is -2.49. The van der Waals surface area contributed by atoms with Crippen molar-refractivity contribution in [2.45, 2.75) is 39.3 Å². The van der Waals surface area contributed by atoms with Crippen LogP contribution in [0.25, 0.3) is 6.08 Å². The van der Waals surface area contributed by atoms with Gasteiger partial charge < -0.3 is 10.6 Å². The molecule has 1 aliphatic rings. The molecule has 0 unspecified atom stereocenters. The Hall–Kier alpha value is -4.58. The number of hydrogen-bond acceptors (Lipinski definition) is 6. The number of carbonyl (C=O) groups is 5. The minimum atomic E-state index is -1.17. The van der Waals surface area contributed by atoms with Crippen LogP contribution in [-0.4, -0.2) is 35.5 Å². The first-order valence-electron chi connectivity index (χ1n) is 12.3. The van der Waals surface area contributed by atoms with E-state index in [9.17, 15) is 29.2 Å². The number of carbonyl (C=O) groups excluding carboxylic acids is 5. The van der Waals surface area contributed by atoms with Crippen LogP contribution in [0.1, 0.15) is 49.9 Å². The summed E-state index contributed by atoms with van der Waals surface area (Å²) in [6.45, 7) is 4.98. The fourth-order valence-electron chi connectivity index (χ4n) is 4.31. The smallest absolute Gasteiger partial charge is 0.244 e. The van der Waals surface area contributed by atoms with E-state index in [2.05, 4.69) is 22.0 Å². The van der Waals surface area contributed by atoms with E-state index in [0.29, 0.717) is 16.7 Å². The van der Waals surface area contributed by atoms with E-state index in [0.717, 1.165) is 0 Å². The van der Waals surface area contributed by atoms with Gasteiger partial charge in [-0.1, -0.05) is 69.3 Å².